The number of piperidine rings is 1. The number of pyridine rings is 2. The Morgan fingerprint density at radius 3 is 1.85 bits per heavy atom. The summed E-state index contributed by atoms with van der Waals surface area (Å²) in [4.78, 5) is 37.5. The average molecular weight is 696 g/mol. The van der Waals surface area contributed by atoms with Crippen LogP contribution in [-0.4, -0.2) is 99.0 Å². The van der Waals surface area contributed by atoms with Gasteiger partial charge in [-0.25, -0.2) is 14.4 Å². The summed E-state index contributed by atoms with van der Waals surface area (Å²) in [5.41, 5.74) is 2.55. The number of likely N-dealkylation sites (tertiary alicyclic amines) is 1. The molecule has 3 N–H and O–H groups in total. The number of rotatable bonds is 6. The van der Waals surface area contributed by atoms with Crippen LogP contribution < -0.4 is 0 Å². The fourth-order valence-corrected chi connectivity index (χ4v) is 4.33. The highest BCUT2D eigenvalue weighted by Gasteiger charge is 2.46. The second-order valence-electron chi connectivity index (χ2n) is 9.94. The molecule has 4 rings (SSSR count). The number of aromatic nitrogens is 2. The lowest BCUT2D eigenvalue weighted by molar-refractivity contribution is -0.193. The Morgan fingerprint density at radius 2 is 1.38 bits per heavy atom. The van der Waals surface area contributed by atoms with Crippen molar-refractivity contribution in [1.29, 1.82) is 0 Å². The Hall–Kier alpha value is -4.04. The van der Waals surface area contributed by atoms with Gasteiger partial charge in [-0.05, 0) is 48.6 Å². The van der Waals surface area contributed by atoms with Crippen molar-refractivity contribution in [2.75, 3.05) is 26.3 Å². The van der Waals surface area contributed by atoms with Gasteiger partial charge in [-0.2, -0.15) is 39.5 Å². The highest BCUT2D eigenvalue weighted by molar-refractivity contribution is 5.73. The Morgan fingerprint density at radius 1 is 0.851 bits per heavy atom. The third kappa shape index (κ3) is 15.9. The van der Waals surface area contributed by atoms with Crippen molar-refractivity contribution in [3.05, 3.63) is 60.2 Å². The summed E-state index contributed by atoms with van der Waals surface area (Å²) in [7, 11) is 0. The minimum absolute atomic E-state index is 0.103. The van der Waals surface area contributed by atoms with Gasteiger partial charge in [-0.3, -0.25) is 14.9 Å². The Bertz CT molecular complexity index is 1190. The zero-order chi connectivity index (χ0) is 35.9. The van der Waals surface area contributed by atoms with Gasteiger partial charge in [0.1, 0.15) is 0 Å². The normalized spacial score (nSPS) is 19.6. The van der Waals surface area contributed by atoms with Crippen molar-refractivity contribution in [1.82, 2.24) is 14.9 Å². The third-order valence-corrected chi connectivity index (χ3v) is 6.33. The van der Waals surface area contributed by atoms with Crippen LogP contribution in [0.2, 0.25) is 0 Å². The monoisotopic (exact) mass is 695 g/mol. The molecule has 2 atom stereocenters. The van der Waals surface area contributed by atoms with Gasteiger partial charge in [0.15, 0.2) is 0 Å². The minimum atomic E-state index is -5.08. The largest absolute Gasteiger partial charge is 0.490 e. The van der Waals surface area contributed by atoms with Crippen LogP contribution in [0.25, 0.3) is 0 Å². The zero-order valence-electron chi connectivity index (χ0n) is 24.2. The molecule has 47 heavy (non-hydrogen) atoms. The van der Waals surface area contributed by atoms with E-state index in [1.807, 2.05) is 24.7 Å². The van der Waals surface area contributed by atoms with Crippen LogP contribution in [0.4, 0.5) is 39.5 Å². The molecule has 20 heteroatoms. The maximum atomic E-state index is 10.6. The summed E-state index contributed by atoms with van der Waals surface area (Å²) in [5.74, 6) is -8.27. The molecule has 264 valence electrons. The van der Waals surface area contributed by atoms with Crippen LogP contribution in [0.15, 0.2) is 49.1 Å². The van der Waals surface area contributed by atoms with E-state index in [4.69, 9.17) is 39.2 Å². The molecule has 0 aliphatic carbocycles. The van der Waals surface area contributed by atoms with E-state index in [-0.39, 0.29) is 5.41 Å². The number of carboxylic acids is 3. The number of nitrogens with zero attached hydrogens (tertiary/aromatic N) is 3. The van der Waals surface area contributed by atoms with E-state index in [1.165, 1.54) is 12.0 Å². The number of halogens is 9. The Labute approximate surface area is 260 Å². The molecule has 0 amide bonds. The number of hydrogen-bond donors (Lipinski definition) is 3. The summed E-state index contributed by atoms with van der Waals surface area (Å²) in [6.07, 6.45) is -4.13. The predicted octanol–water partition coefficient (Wildman–Crippen LogP) is 4.96. The van der Waals surface area contributed by atoms with Crippen molar-refractivity contribution in [2.45, 2.75) is 57.0 Å². The SMILES string of the molecule is O=C(O)C(F)(F)F.O=C(O)C(F)(F)F.O=C(O)C(F)(F)F.c1cncc(COCC23CCCOC2CCN(Cc2ccncc2)C3)c1. The number of carbonyl (C=O) groups is 3. The van der Waals surface area contributed by atoms with Crippen LogP contribution in [0.1, 0.15) is 30.4 Å². The molecule has 0 bridgehead atoms. The first kappa shape index (κ1) is 41.0. The van der Waals surface area contributed by atoms with Crippen molar-refractivity contribution in [2.24, 2.45) is 5.41 Å². The van der Waals surface area contributed by atoms with Gasteiger partial charge in [0.25, 0.3) is 0 Å². The molecule has 4 heterocycles. The molecule has 11 nitrogen and oxygen atoms in total. The molecular formula is C27H30F9N3O8. The summed E-state index contributed by atoms with van der Waals surface area (Å²) >= 11 is 0. The van der Waals surface area contributed by atoms with E-state index in [0.717, 1.165) is 51.3 Å². The molecule has 2 aromatic heterocycles. The lowest BCUT2D eigenvalue weighted by atomic mass is 9.73. The molecule has 2 unspecified atom stereocenters. The van der Waals surface area contributed by atoms with Gasteiger partial charge in [0, 0.05) is 56.4 Å². The van der Waals surface area contributed by atoms with Gasteiger partial charge in [0.2, 0.25) is 0 Å². The van der Waals surface area contributed by atoms with Crippen molar-refractivity contribution < 1.29 is 78.7 Å². The number of ether oxygens (including phenoxy) is 2. The fraction of sp³-hybridized carbons (Fsp3) is 0.519. The quantitative estimate of drug-likeness (QED) is 0.351. The van der Waals surface area contributed by atoms with E-state index >= 15 is 0 Å². The topological polar surface area (TPSA) is 159 Å². The fourth-order valence-electron chi connectivity index (χ4n) is 4.33. The smallest absolute Gasteiger partial charge is 0.475 e. The summed E-state index contributed by atoms with van der Waals surface area (Å²) < 4.78 is 108. The van der Waals surface area contributed by atoms with E-state index in [1.54, 1.807) is 6.20 Å². The molecule has 0 spiro atoms. The highest BCUT2D eigenvalue weighted by atomic mass is 19.4. The maximum absolute atomic E-state index is 10.6. The number of fused-ring (bicyclic) bond motifs is 1. The van der Waals surface area contributed by atoms with E-state index in [0.29, 0.717) is 12.7 Å². The van der Waals surface area contributed by atoms with E-state index in [9.17, 15) is 39.5 Å². The molecular weight excluding hydrogens is 665 g/mol. The van der Waals surface area contributed by atoms with Crippen LogP contribution >= 0.6 is 0 Å². The number of aliphatic carboxylic acids is 3. The van der Waals surface area contributed by atoms with Gasteiger partial charge >= 0.3 is 36.4 Å². The second kappa shape index (κ2) is 18.3. The number of hydrogen-bond acceptors (Lipinski definition) is 8. The van der Waals surface area contributed by atoms with E-state index < -0.39 is 36.4 Å². The van der Waals surface area contributed by atoms with Gasteiger partial charge in [0.05, 0.1) is 19.3 Å². The van der Waals surface area contributed by atoms with Crippen molar-refractivity contribution >= 4 is 17.9 Å². The van der Waals surface area contributed by atoms with E-state index in [2.05, 4.69) is 33.1 Å². The molecule has 2 aliphatic heterocycles. The summed E-state index contributed by atoms with van der Waals surface area (Å²) in [5, 5.41) is 21.4. The number of alkyl halides is 9. The van der Waals surface area contributed by atoms with Gasteiger partial charge in [-0.1, -0.05) is 6.07 Å². The number of carboxylic acid groups (broad SMARTS) is 3. The summed E-state index contributed by atoms with van der Waals surface area (Å²) in [6.45, 7) is 5.34. The first-order valence-electron chi connectivity index (χ1n) is 13.3. The third-order valence-electron chi connectivity index (χ3n) is 6.33. The average Bonchev–Trinajstić information content (AvgIpc) is 2.97. The lowest BCUT2D eigenvalue weighted by Crippen LogP contribution is -2.56. The van der Waals surface area contributed by atoms with Crippen molar-refractivity contribution in [3.63, 3.8) is 0 Å². The molecule has 0 radical (unpaired) electrons. The first-order valence-corrected chi connectivity index (χ1v) is 13.3. The van der Waals surface area contributed by atoms with Crippen LogP contribution in [0.5, 0.6) is 0 Å². The summed E-state index contributed by atoms with van der Waals surface area (Å²) in [6, 6.07) is 8.24. The van der Waals surface area contributed by atoms with Gasteiger partial charge < -0.3 is 24.8 Å². The van der Waals surface area contributed by atoms with Crippen molar-refractivity contribution in [3.8, 4) is 0 Å². The van der Waals surface area contributed by atoms with Crippen LogP contribution in [0, 0.1) is 5.41 Å². The second-order valence-corrected chi connectivity index (χ2v) is 9.94. The molecule has 2 saturated heterocycles. The minimum Gasteiger partial charge on any atom is -0.475 e. The standard InChI is InChI=1S/C21H27N3O2.3C2HF3O2/c1-3-19(13-23-8-1)15-25-17-21-7-2-12-26-20(21)6-11-24(16-21)14-18-4-9-22-10-5-18;3*3-2(4,5)1(6)7/h1,3-5,8-10,13,20H,2,6-7,11-12,14-17H2;3*(H,6,7). The molecule has 2 aliphatic rings. The lowest BCUT2D eigenvalue weighted by Gasteiger charge is -2.50. The van der Waals surface area contributed by atoms with Gasteiger partial charge in [-0.15, -0.1) is 0 Å². The van der Waals surface area contributed by atoms with Crippen LogP contribution in [-0.2, 0) is 37.0 Å². The molecule has 0 saturated carbocycles. The van der Waals surface area contributed by atoms with Crippen LogP contribution in [0.3, 0.4) is 0 Å². The molecule has 0 aromatic carbocycles. The first-order chi connectivity index (χ1) is 21.7. The molecule has 2 aromatic rings. The highest BCUT2D eigenvalue weighted by Crippen LogP contribution is 2.41. The Kier molecular flexibility index (Phi) is 16.0. The maximum Gasteiger partial charge on any atom is 0.490 e. The predicted molar refractivity (Wildman–Crippen MR) is 141 cm³/mol. The Balaban J connectivity index is 0.000000430. The zero-order valence-corrected chi connectivity index (χ0v) is 24.2. The molecule has 2 fully saturated rings.